The molecule has 0 bridgehead atoms. The van der Waals surface area contributed by atoms with Crippen LogP contribution in [0.15, 0.2) is 24.5 Å². The molecule has 5 rings (SSSR count). The fourth-order valence-electron chi connectivity index (χ4n) is 3.30. The number of nitrogens with zero attached hydrogens (tertiary/aromatic N) is 6. The molecule has 0 amide bonds. The van der Waals surface area contributed by atoms with Crippen molar-refractivity contribution in [2.45, 2.75) is 25.2 Å². The Labute approximate surface area is 158 Å². The summed E-state index contributed by atoms with van der Waals surface area (Å²) in [5, 5.41) is 0.979. The molecule has 140 valence electrons. The van der Waals surface area contributed by atoms with Crippen molar-refractivity contribution >= 4 is 32.5 Å². The number of hydrogen-bond acceptors (Lipinski definition) is 7. The Kier molecular flexibility index (Phi) is 4.11. The van der Waals surface area contributed by atoms with E-state index in [1.807, 2.05) is 6.07 Å². The van der Waals surface area contributed by atoms with Crippen LogP contribution in [0, 0.1) is 0 Å². The van der Waals surface area contributed by atoms with Gasteiger partial charge in [0.25, 0.3) is 6.43 Å². The van der Waals surface area contributed by atoms with E-state index in [0.29, 0.717) is 11.6 Å². The highest BCUT2D eigenvalue weighted by atomic mass is 32.1. The molecule has 2 fully saturated rings. The topological polar surface area (TPSA) is 58.0 Å². The molecular formula is C18H18F2N6S. The van der Waals surface area contributed by atoms with Gasteiger partial charge in [-0.3, -0.25) is 4.98 Å². The van der Waals surface area contributed by atoms with Gasteiger partial charge in [0.1, 0.15) is 22.9 Å². The summed E-state index contributed by atoms with van der Waals surface area (Å²) in [6, 6.07) is 3.41. The van der Waals surface area contributed by atoms with Gasteiger partial charge in [-0.05, 0) is 18.9 Å². The molecule has 1 saturated carbocycles. The number of alkyl halides is 2. The summed E-state index contributed by atoms with van der Waals surface area (Å²) in [6.07, 6.45) is 2.97. The second kappa shape index (κ2) is 6.63. The van der Waals surface area contributed by atoms with E-state index in [0.717, 1.165) is 54.4 Å². The van der Waals surface area contributed by atoms with Gasteiger partial charge in [-0.2, -0.15) is 0 Å². The summed E-state index contributed by atoms with van der Waals surface area (Å²) in [7, 11) is 0. The highest BCUT2D eigenvalue weighted by Crippen LogP contribution is 2.39. The molecule has 0 spiro atoms. The van der Waals surface area contributed by atoms with Gasteiger partial charge in [0, 0.05) is 44.4 Å². The Morgan fingerprint density at radius 2 is 1.81 bits per heavy atom. The van der Waals surface area contributed by atoms with Crippen LogP contribution in [-0.4, -0.2) is 46.1 Å². The van der Waals surface area contributed by atoms with Crippen molar-refractivity contribution in [2.75, 3.05) is 36.0 Å². The second-order valence-corrected chi connectivity index (χ2v) is 7.91. The summed E-state index contributed by atoms with van der Waals surface area (Å²) in [6.45, 7) is 3.00. The molecule has 3 aromatic rings. The van der Waals surface area contributed by atoms with E-state index in [2.05, 4.69) is 29.7 Å². The van der Waals surface area contributed by atoms with Crippen LogP contribution in [0.4, 0.5) is 19.7 Å². The fraction of sp³-hybridized carbons (Fsp3) is 0.444. The number of halogens is 2. The Hall–Kier alpha value is -2.42. The summed E-state index contributed by atoms with van der Waals surface area (Å²) < 4.78 is 27.6. The lowest BCUT2D eigenvalue weighted by Gasteiger charge is -2.35. The van der Waals surface area contributed by atoms with Gasteiger partial charge in [0.2, 0.25) is 0 Å². The van der Waals surface area contributed by atoms with Gasteiger partial charge in [-0.25, -0.2) is 23.7 Å². The third-order valence-corrected chi connectivity index (χ3v) is 6.07. The van der Waals surface area contributed by atoms with Crippen molar-refractivity contribution in [3.63, 3.8) is 0 Å². The van der Waals surface area contributed by atoms with Gasteiger partial charge in [0.05, 0.1) is 10.9 Å². The first kappa shape index (κ1) is 16.7. The summed E-state index contributed by atoms with van der Waals surface area (Å²) in [4.78, 5) is 21.7. The molecule has 0 N–H and O–H groups in total. The highest BCUT2D eigenvalue weighted by molar-refractivity contribution is 7.22. The van der Waals surface area contributed by atoms with Crippen LogP contribution in [0.5, 0.6) is 0 Å². The quantitative estimate of drug-likeness (QED) is 0.680. The minimum Gasteiger partial charge on any atom is -0.353 e. The zero-order valence-corrected chi connectivity index (χ0v) is 15.4. The van der Waals surface area contributed by atoms with Crippen LogP contribution in [0.1, 0.15) is 36.7 Å². The summed E-state index contributed by atoms with van der Waals surface area (Å²) in [5.74, 6) is 1.44. The first-order chi connectivity index (χ1) is 13.2. The third-order valence-electron chi connectivity index (χ3n) is 4.97. The Morgan fingerprint density at radius 3 is 2.52 bits per heavy atom. The van der Waals surface area contributed by atoms with Crippen molar-refractivity contribution in [3.05, 3.63) is 36.0 Å². The lowest BCUT2D eigenvalue weighted by Crippen LogP contribution is -2.47. The average Bonchev–Trinajstić information content (AvgIpc) is 3.46. The number of rotatable bonds is 4. The van der Waals surface area contributed by atoms with Crippen molar-refractivity contribution < 1.29 is 8.78 Å². The number of piperazine rings is 1. The van der Waals surface area contributed by atoms with Crippen molar-refractivity contribution in [3.8, 4) is 0 Å². The van der Waals surface area contributed by atoms with Crippen LogP contribution in [0.3, 0.4) is 0 Å². The van der Waals surface area contributed by atoms with E-state index in [1.54, 1.807) is 23.7 Å². The third kappa shape index (κ3) is 3.31. The molecule has 1 saturated heterocycles. The van der Waals surface area contributed by atoms with E-state index >= 15 is 0 Å². The lowest BCUT2D eigenvalue weighted by atomic mass is 10.3. The normalized spacial score (nSPS) is 17.9. The van der Waals surface area contributed by atoms with Gasteiger partial charge >= 0.3 is 0 Å². The molecule has 0 unspecified atom stereocenters. The number of anilines is 2. The van der Waals surface area contributed by atoms with Crippen LogP contribution in [-0.2, 0) is 0 Å². The number of fused-ring (bicyclic) bond motifs is 1. The maximum atomic E-state index is 13.2. The molecule has 0 atom stereocenters. The first-order valence-electron chi connectivity index (χ1n) is 9.05. The SMILES string of the molecule is FC(F)c1cc(N2CCN(c3nc4cnccc4s3)CC2)nc(C2CC2)n1. The average molecular weight is 388 g/mol. The van der Waals surface area contributed by atoms with E-state index in [9.17, 15) is 8.78 Å². The molecule has 4 heterocycles. The predicted octanol–water partition coefficient (Wildman–Crippen LogP) is 3.62. The van der Waals surface area contributed by atoms with E-state index < -0.39 is 6.43 Å². The van der Waals surface area contributed by atoms with E-state index in [4.69, 9.17) is 0 Å². The Bertz CT molecular complexity index is 912. The smallest absolute Gasteiger partial charge is 0.280 e. The monoisotopic (exact) mass is 388 g/mol. The molecule has 3 aromatic heterocycles. The predicted molar refractivity (Wildman–Crippen MR) is 101 cm³/mol. The van der Waals surface area contributed by atoms with Crippen LogP contribution in [0.25, 0.3) is 10.2 Å². The molecule has 1 aliphatic carbocycles. The van der Waals surface area contributed by atoms with E-state index in [-0.39, 0.29) is 11.6 Å². The molecule has 27 heavy (non-hydrogen) atoms. The molecule has 2 aliphatic rings. The van der Waals surface area contributed by atoms with Crippen molar-refractivity contribution in [1.29, 1.82) is 0 Å². The minimum atomic E-state index is -2.57. The number of aromatic nitrogens is 4. The zero-order valence-electron chi connectivity index (χ0n) is 14.6. The standard InChI is InChI=1S/C18H18F2N6S/c19-16(20)12-9-15(24-17(22-12)11-1-2-11)25-5-7-26(8-6-25)18-23-13-10-21-4-3-14(13)27-18/h3-4,9-11,16H,1-2,5-8H2. The Balaban J connectivity index is 1.34. The van der Waals surface area contributed by atoms with E-state index in [1.165, 1.54) is 6.07 Å². The van der Waals surface area contributed by atoms with Crippen LogP contribution < -0.4 is 9.80 Å². The molecule has 0 radical (unpaired) electrons. The van der Waals surface area contributed by atoms with Gasteiger partial charge in [-0.15, -0.1) is 0 Å². The summed E-state index contributed by atoms with van der Waals surface area (Å²) in [5.41, 5.74) is 0.745. The highest BCUT2D eigenvalue weighted by Gasteiger charge is 2.30. The maximum Gasteiger partial charge on any atom is 0.280 e. The fourth-order valence-corrected chi connectivity index (χ4v) is 4.28. The van der Waals surface area contributed by atoms with Gasteiger partial charge in [0.15, 0.2) is 5.13 Å². The summed E-state index contributed by atoms with van der Waals surface area (Å²) >= 11 is 1.65. The molecule has 1 aliphatic heterocycles. The van der Waals surface area contributed by atoms with Crippen LogP contribution in [0.2, 0.25) is 0 Å². The largest absolute Gasteiger partial charge is 0.353 e. The van der Waals surface area contributed by atoms with Crippen LogP contribution >= 0.6 is 11.3 Å². The van der Waals surface area contributed by atoms with Crippen molar-refractivity contribution in [2.24, 2.45) is 0 Å². The van der Waals surface area contributed by atoms with Gasteiger partial charge < -0.3 is 9.80 Å². The molecule has 6 nitrogen and oxygen atoms in total. The molecule has 0 aromatic carbocycles. The van der Waals surface area contributed by atoms with Crippen molar-refractivity contribution in [1.82, 2.24) is 19.9 Å². The molecular weight excluding hydrogens is 370 g/mol. The second-order valence-electron chi connectivity index (χ2n) is 6.90. The number of thiazole rings is 1. The number of pyridine rings is 1. The lowest BCUT2D eigenvalue weighted by molar-refractivity contribution is 0.145. The minimum absolute atomic E-state index is 0.164. The number of hydrogen-bond donors (Lipinski definition) is 0. The molecule has 9 heteroatoms. The Morgan fingerprint density at radius 1 is 1.04 bits per heavy atom. The van der Waals surface area contributed by atoms with Gasteiger partial charge in [-0.1, -0.05) is 11.3 Å². The first-order valence-corrected chi connectivity index (χ1v) is 9.86. The maximum absolute atomic E-state index is 13.2. The zero-order chi connectivity index (χ0) is 18.4.